The average molecular weight is 349 g/mol. The molecule has 1 heterocycles. The van der Waals surface area contributed by atoms with E-state index in [9.17, 15) is 13.2 Å². The smallest absolute Gasteiger partial charge is 0.272 e. The second-order valence-corrected chi connectivity index (χ2v) is 8.39. The predicted octanol–water partition coefficient (Wildman–Crippen LogP) is 2.66. The number of carbonyl (C=O) groups is 1. The van der Waals surface area contributed by atoms with Gasteiger partial charge in [0.25, 0.3) is 5.91 Å². The lowest BCUT2D eigenvalue weighted by molar-refractivity contribution is 0.101. The summed E-state index contributed by atoms with van der Waals surface area (Å²) in [6, 6.07) is 8.31. The second kappa shape index (κ2) is 6.41. The molecule has 0 fully saturated rings. The zero-order chi connectivity index (χ0) is 18.1. The number of anilines is 1. The normalized spacial score (nSPS) is 12.2. The summed E-state index contributed by atoms with van der Waals surface area (Å²) in [6.45, 7) is 7.01. The number of nitrogens with one attached hydrogen (secondary N) is 2. The van der Waals surface area contributed by atoms with E-state index in [1.54, 1.807) is 69.8 Å². The lowest BCUT2D eigenvalue weighted by Crippen LogP contribution is -2.40. The van der Waals surface area contributed by atoms with E-state index in [1.807, 2.05) is 0 Å². The molecule has 6 nitrogen and oxygen atoms in total. The standard InChI is InChI=1S/C17H23N3O3S/c1-12-13(18-16(21)14-9-7-11-20(14)5)8-6-10-15(12)24(22,23)19-17(2,3)4/h6-11,19H,1-5H3,(H,18,21). The molecule has 130 valence electrons. The van der Waals surface area contributed by atoms with E-state index in [-0.39, 0.29) is 10.8 Å². The first-order valence-electron chi connectivity index (χ1n) is 7.57. The zero-order valence-corrected chi connectivity index (χ0v) is 15.4. The van der Waals surface area contributed by atoms with Gasteiger partial charge in [-0.25, -0.2) is 13.1 Å². The van der Waals surface area contributed by atoms with Gasteiger partial charge in [-0.05, 0) is 57.5 Å². The van der Waals surface area contributed by atoms with E-state index in [2.05, 4.69) is 10.0 Å². The first-order chi connectivity index (χ1) is 11.0. The van der Waals surface area contributed by atoms with Crippen LogP contribution in [-0.4, -0.2) is 24.4 Å². The minimum absolute atomic E-state index is 0.155. The van der Waals surface area contributed by atoms with E-state index >= 15 is 0 Å². The highest BCUT2D eigenvalue weighted by Gasteiger charge is 2.24. The van der Waals surface area contributed by atoms with E-state index in [0.717, 1.165) is 0 Å². The molecule has 2 rings (SSSR count). The van der Waals surface area contributed by atoms with Crippen molar-refractivity contribution in [1.82, 2.24) is 9.29 Å². The molecule has 2 N–H and O–H groups in total. The maximum Gasteiger partial charge on any atom is 0.272 e. The average Bonchev–Trinajstić information content (AvgIpc) is 2.84. The summed E-state index contributed by atoms with van der Waals surface area (Å²) in [7, 11) is -1.90. The van der Waals surface area contributed by atoms with Crippen LogP contribution in [0.3, 0.4) is 0 Å². The van der Waals surface area contributed by atoms with Gasteiger partial charge >= 0.3 is 0 Å². The van der Waals surface area contributed by atoms with Crippen molar-refractivity contribution in [3.8, 4) is 0 Å². The van der Waals surface area contributed by atoms with Crippen LogP contribution in [0.4, 0.5) is 5.69 Å². The lowest BCUT2D eigenvalue weighted by atomic mass is 10.1. The molecule has 1 aromatic carbocycles. The Balaban J connectivity index is 2.35. The number of carbonyl (C=O) groups excluding carboxylic acids is 1. The van der Waals surface area contributed by atoms with E-state index in [1.165, 1.54) is 6.07 Å². The van der Waals surface area contributed by atoms with Crippen LogP contribution in [0.15, 0.2) is 41.4 Å². The molecule has 1 amide bonds. The Hall–Kier alpha value is -2.12. The van der Waals surface area contributed by atoms with Crippen LogP contribution in [0.25, 0.3) is 0 Å². The summed E-state index contributed by atoms with van der Waals surface area (Å²) in [6.07, 6.45) is 1.77. The lowest BCUT2D eigenvalue weighted by Gasteiger charge is -2.22. The van der Waals surface area contributed by atoms with Crippen LogP contribution in [-0.2, 0) is 17.1 Å². The number of aromatic nitrogens is 1. The van der Waals surface area contributed by atoms with Crippen LogP contribution < -0.4 is 10.0 Å². The summed E-state index contributed by atoms with van der Waals surface area (Å²) >= 11 is 0. The van der Waals surface area contributed by atoms with Crippen molar-refractivity contribution in [3.05, 3.63) is 47.8 Å². The van der Waals surface area contributed by atoms with Crippen LogP contribution in [0, 0.1) is 6.92 Å². The van der Waals surface area contributed by atoms with Gasteiger partial charge in [0, 0.05) is 24.5 Å². The van der Waals surface area contributed by atoms with Gasteiger partial charge in [0.2, 0.25) is 10.0 Å². The highest BCUT2D eigenvalue weighted by Crippen LogP contribution is 2.24. The molecular weight excluding hydrogens is 326 g/mol. The van der Waals surface area contributed by atoms with Gasteiger partial charge in [-0.2, -0.15) is 0 Å². The van der Waals surface area contributed by atoms with Crippen molar-refractivity contribution < 1.29 is 13.2 Å². The number of benzene rings is 1. The molecule has 0 aliphatic carbocycles. The number of rotatable bonds is 4. The molecule has 0 aliphatic rings. The van der Waals surface area contributed by atoms with Gasteiger partial charge in [-0.1, -0.05) is 6.07 Å². The molecule has 0 saturated carbocycles. The predicted molar refractivity (Wildman–Crippen MR) is 94.6 cm³/mol. The summed E-state index contributed by atoms with van der Waals surface area (Å²) in [4.78, 5) is 12.5. The van der Waals surface area contributed by atoms with E-state index in [0.29, 0.717) is 16.9 Å². The van der Waals surface area contributed by atoms with Crippen molar-refractivity contribution >= 4 is 21.6 Å². The van der Waals surface area contributed by atoms with Gasteiger partial charge in [-0.3, -0.25) is 4.79 Å². The zero-order valence-electron chi connectivity index (χ0n) is 14.5. The molecule has 0 aliphatic heterocycles. The van der Waals surface area contributed by atoms with Crippen molar-refractivity contribution in [1.29, 1.82) is 0 Å². The molecule has 0 bridgehead atoms. The SMILES string of the molecule is Cc1c(NC(=O)c2cccn2C)cccc1S(=O)(=O)NC(C)(C)C. The molecule has 0 spiro atoms. The Kier molecular flexibility index (Phi) is 4.87. The highest BCUT2D eigenvalue weighted by atomic mass is 32.2. The minimum Gasteiger partial charge on any atom is -0.347 e. The Morgan fingerprint density at radius 3 is 2.33 bits per heavy atom. The third kappa shape index (κ3) is 4.04. The van der Waals surface area contributed by atoms with Crippen molar-refractivity contribution in [2.75, 3.05) is 5.32 Å². The topological polar surface area (TPSA) is 80.2 Å². The molecular formula is C17H23N3O3S. The monoisotopic (exact) mass is 349 g/mol. The third-order valence-electron chi connectivity index (χ3n) is 3.44. The van der Waals surface area contributed by atoms with Crippen LogP contribution in [0.2, 0.25) is 0 Å². The van der Waals surface area contributed by atoms with Crippen molar-refractivity contribution in [2.45, 2.75) is 38.1 Å². The third-order valence-corrected chi connectivity index (χ3v) is 5.34. The molecule has 0 saturated heterocycles. The fraction of sp³-hybridized carbons (Fsp3) is 0.353. The van der Waals surface area contributed by atoms with E-state index < -0.39 is 15.6 Å². The molecule has 0 unspecified atom stereocenters. The second-order valence-electron chi connectivity index (χ2n) is 6.74. The van der Waals surface area contributed by atoms with Crippen molar-refractivity contribution in [3.63, 3.8) is 0 Å². The fourth-order valence-electron chi connectivity index (χ4n) is 2.38. The quantitative estimate of drug-likeness (QED) is 0.890. The molecule has 2 aromatic rings. The number of nitrogens with zero attached hydrogens (tertiary/aromatic N) is 1. The number of amides is 1. The summed E-state index contributed by atoms with van der Waals surface area (Å²) < 4.78 is 29.4. The van der Waals surface area contributed by atoms with Gasteiger partial charge in [0.05, 0.1) is 4.90 Å². The maximum absolute atomic E-state index is 12.6. The molecule has 24 heavy (non-hydrogen) atoms. The largest absolute Gasteiger partial charge is 0.347 e. The summed E-state index contributed by atoms with van der Waals surface area (Å²) in [5.41, 5.74) is 0.873. The van der Waals surface area contributed by atoms with Crippen LogP contribution in [0.5, 0.6) is 0 Å². The Labute approximate surface area is 142 Å². The molecule has 7 heteroatoms. The van der Waals surface area contributed by atoms with Crippen molar-refractivity contribution in [2.24, 2.45) is 7.05 Å². The molecule has 0 atom stereocenters. The summed E-state index contributed by atoms with van der Waals surface area (Å²) in [5.74, 6) is -0.288. The number of hydrogen-bond acceptors (Lipinski definition) is 3. The van der Waals surface area contributed by atoms with E-state index in [4.69, 9.17) is 0 Å². The highest BCUT2D eigenvalue weighted by molar-refractivity contribution is 7.89. The first kappa shape index (κ1) is 18.2. The van der Waals surface area contributed by atoms with Gasteiger partial charge in [0.15, 0.2) is 0 Å². The number of hydrogen-bond donors (Lipinski definition) is 2. The Bertz CT molecular complexity index is 861. The van der Waals surface area contributed by atoms with Crippen LogP contribution in [0.1, 0.15) is 36.8 Å². The maximum atomic E-state index is 12.6. The number of sulfonamides is 1. The Morgan fingerprint density at radius 2 is 1.79 bits per heavy atom. The molecule has 0 radical (unpaired) electrons. The molecule has 1 aromatic heterocycles. The minimum atomic E-state index is -3.68. The fourth-order valence-corrected chi connectivity index (χ4v) is 4.07. The van der Waals surface area contributed by atoms with Gasteiger partial charge < -0.3 is 9.88 Å². The summed E-state index contributed by atoms with van der Waals surface area (Å²) in [5, 5.41) is 2.78. The Morgan fingerprint density at radius 1 is 1.12 bits per heavy atom. The number of aryl methyl sites for hydroxylation is 1. The van der Waals surface area contributed by atoms with Crippen LogP contribution >= 0.6 is 0 Å². The van der Waals surface area contributed by atoms with Gasteiger partial charge in [-0.15, -0.1) is 0 Å². The van der Waals surface area contributed by atoms with Gasteiger partial charge in [0.1, 0.15) is 5.69 Å². The first-order valence-corrected chi connectivity index (χ1v) is 9.06.